The second-order valence-corrected chi connectivity index (χ2v) is 5.63. The predicted octanol–water partition coefficient (Wildman–Crippen LogP) is -0.116. The fourth-order valence-corrected chi connectivity index (χ4v) is 2.86. The summed E-state index contributed by atoms with van der Waals surface area (Å²) in [5, 5.41) is 6.40. The quantitative estimate of drug-likeness (QED) is 0.660. The fraction of sp³-hybridized carbons (Fsp3) is 0.929. The van der Waals surface area contributed by atoms with Gasteiger partial charge in [0, 0.05) is 19.6 Å². The van der Waals surface area contributed by atoms with Crippen molar-refractivity contribution in [3.63, 3.8) is 0 Å². The molecule has 5 nitrogen and oxygen atoms in total. The third-order valence-electron chi connectivity index (χ3n) is 3.97. The van der Waals surface area contributed by atoms with E-state index < -0.39 is 0 Å². The number of carbonyl (C=O) groups excluding carboxylic acids is 1. The van der Waals surface area contributed by atoms with E-state index in [0.29, 0.717) is 6.54 Å². The number of carbonyl (C=O) groups is 1. The lowest BCUT2D eigenvalue weighted by Crippen LogP contribution is -2.39. The largest absolute Gasteiger partial charge is 0.355 e. The monoisotopic (exact) mass is 268 g/mol. The summed E-state index contributed by atoms with van der Waals surface area (Å²) >= 11 is 0. The van der Waals surface area contributed by atoms with Gasteiger partial charge in [0.1, 0.15) is 0 Å². The van der Waals surface area contributed by atoms with Crippen molar-refractivity contribution in [3.05, 3.63) is 0 Å². The molecule has 2 saturated heterocycles. The molecule has 2 aliphatic heterocycles. The number of likely N-dealkylation sites (tertiary alicyclic amines) is 1. The van der Waals surface area contributed by atoms with Gasteiger partial charge in [0.05, 0.1) is 6.54 Å². The molecule has 0 aromatic rings. The van der Waals surface area contributed by atoms with E-state index >= 15 is 0 Å². The first-order valence-corrected chi connectivity index (χ1v) is 7.77. The van der Waals surface area contributed by atoms with Gasteiger partial charge >= 0.3 is 0 Å². The van der Waals surface area contributed by atoms with Crippen molar-refractivity contribution in [3.8, 4) is 0 Å². The van der Waals surface area contributed by atoms with E-state index in [9.17, 15) is 4.79 Å². The Kier molecular flexibility index (Phi) is 6.61. The molecular formula is C14H28N4O. The van der Waals surface area contributed by atoms with Gasteiger partial charge in [-0.2, -0.15) is 0 Å². The molecule has 0 radical (unpaired) electrons. The van der Waals surface area contributed by atoms with Crippen LogP contribution >= 0.6 is 0 Å². The molecule has 0 saturated carbocycles. The molecular weight excluding hydrogens is 240 g/mol. The van der Waals surface area contributed by atoms with Crippen LogP contribution in [-0.4, -0.2) is 74.6 Å². The number of hydrogen-bond acceptors (Lipinski definition) is 4. The zero-order valence-corrected chi connectivity index (χ0v) is 12.0. The Bertz CT molecular complexity index is 258. The van der Waals surface area contributed by atoms with Crippen LogP contribution in [0.5, 0.6) is 0 Å². The second kappa shape index (κ2) is 8.51. The van der Waals surface area contributed by atoms with Gasteiger partial charge in [-0.25, -0.2) is 0 Å². The lowest BCUT2D eigenvalue weighted by atomic mass is 10.3. The molecule has 0 unspecified atom stereocenters. The lowest BCUT2D eigenvalue weighted by Gasteiger charge is -2.19. The molecule has 0 aliphatic carbocycles. The first-order valence-electron chi connectivity index (χ1n) is 7.77. The van der Waals surface area contributed by atoms with Crippen LogP contribution in [0.15, 0.2) is 0 Å². The van der Waals surface area contributed by atoms with Gasteiger partial charge in [0.15, 0.2) is 0 Å². The van der Waals surface area contributed by atoms with Crippen LogP contribution < -0.4 is 10.6 Å². The Morgan fingerprint density at radius 2 is 1.79 bits per heavy atom. The van der Waals surface area contributed by atoms with E-state index in [1.54, 1.807) is 0 Å². The first-order chi connectivity index (χ1) is 9.34. The zero-order chi connectivity index (χ0) is 13.3. The summed E-state index contributed by atoms with van der Waals surface area (Å²) in [6.45, 7) is 9.11. The highest BCUT2D eigenvalue weighted by atomic mass is 16.2. The van der Waals surface area contributed by atoms with Crippen LogP contribution in [0.3, 0.4) is 0 Å². The number of rotatable bonds is 6. The Morgan fingerprint density at radius 1 is 1.00 bits per heavy atom. The minimum Gasteiger partial charge on any atom is -0.355 e. The number of nitrogens with one attached hydrogen (secondary N) is 2. The Balaban J connectivity index is 1.51. The van der Waals surface area contributed by atoms with Crippen LogP contribution in [0.25, 0.3) is 0 Å². The van der Waals surface area contributed by atoms with Crippen molar-refractivity contribution in [2.75, 3.05) is 58.9 Å². The second-order valence-electron chi connectivity index (χ2n) is 5.63. The Hall–Kier alpha value is -0.650. The Labute approximate surface area is 116 Å². The predicted molar refractivity (Wildman–Crippen MR) is 77.2 cm³/mol. The van der Waals surface area contributed by atoms with Crippen LogP contribution in [0, 0.1) is 0 Å². The van der Waals surface area contributed by atoms with Crippen molar-refractivity contribution in [2.45, 2.75) is 25.7 Å². The van der Waals surface area contributed by atoms with E-state index in [-0.39, 0.29) is 5.91 Å². The maximum atomic E-state index is 11.8. The van der Waals surface area contributed by atoms with Crippen LogP contribution in [0.1, 0.15) is 25.7 Å². The van der Waals surface area contributed by atoms with Crippen LogP contribution in [0.2, 0.25) is 0 Å². The van der Waals surface area contributed by atoms with Gasteiger partial charge in [-0.1, -0.05) is 0 Å². The average molecular weight is 268 g/mol. The molecule has 0 aromatic heterocycles. The van der Waals surface area contributed by atoms with Crippen LogP contribution in [0.4, 0.5) is 0 Å². The summed E-state index contributed by atoms with van der Waals surface area (Å²) in [6.07, 6.45) is 4.90. The Morgan fingerprint density at radius 3 is 2.63 bits per heavy atom. The van der Waals surface area contributed by atoms with Gasteiger partial charge in [0.2, 0.25) is 5.91 Å². The van der Waals surface area contributed by atoms with Crippen molar-refractivity contribution in [1.29, 1.82) is 0 Å². The topological polar surface area (TPSA) is 47.6 Å². The molecule has 0 aromatic carbocycles. The molecule has 5 heteroatoms. The van der Waals surface area contributed by atoms with Gasteiger partial charge in [-0.3, -0.25) is 9.69 Å². The summed E-state index contributed by atoms with van der Waals surface area (Å²) in [5.74, 6) is 0.184. The van der Waals surface area contributed by atoms with Crippen molar-refractivity contribution in [2.24, 2.45) is 0 Å². The molecule has 2 fully saturated rings. The SMILES string of the molecule is O=C(CN1CCCNCC1)NCCCN1CCCC1. The number of amides is 1. The summed E-state index contributed by atoms with van der Waals surface area (Å²) in [4.78, 5) is 16.6. The molecule has 0 atom stereocenters. The smallest absolute Gasteiger partial charge is 0.234 e. The van der Waals surface area contributed by atoms with E-state index in [0.717, 1.165) is 52.1 Å². The maximum Gasteiger partial charge on any atom is 0.234 e. The van der Waals surface area contributed by atoms with Gasteiger partial charge in [0.25, 0.3) is 0 Å². The highest BCUT2D eigenvalue weighted by Crippen LogP contribution is 2.06. The van der Waals surface area contributed by atoms with Crippen molar-refractivity contribution in [1.82, 2.24) is 20.4 Å². The third-order valence-corrected chi connectivity index (χ3v) is 3.97. The summed E-state index contributed by atoms with van der Waals surface area (Å²) in [6, 6.07) is 0. The molecule has 19 heavy (non-hydrogen) atoms. The minimum atomic E-state index is 0.184. The fourth-order valence-electron chi connectivity index (χ4n) is 2.86. The van der Waals surface area contributed by atoms with Crippen molar-refractivity contribution >= 4 is 5.91 Å². The standard InChI is InChI=1S/C14H28N4O/c19-14(13-18-11-3-5-15-7-12-18)16-6-4-10-17-8-1-2-9-17/h15H,1-13H2,(H,16,19). The summed E-state index contributed by atoms with van der Waals surface area (Å²) < 4.78 is 0. The van der Waals surface area contributed by atoms with Crippen LogP contribution in [-0.2, 0) is 4.79 Å². The number of hydrogen-bond donors (Lipinski definition) is 2. The van der Waals surface area contributed by atoms with Crippen molar-refractivity contribution < 1.29 is 4.79 Å². The molecule has 0 bridgehead atoms. The maximum absolute atomic E-state index is 11.8. The van der Waals surface area contributed by atoms with Gasteiger partial charge < -0.3 is 15.5 Å². The zero-order valence-electron chi connectivity index (χ0n) is 12.0. The van der Waals surface area contributed by atoms with E-state index in [1.807, 2.05) is 0 Å². The highest BCUT2D eigenvalue weighted by molar-refractivity contribution is 5.77. The molecule has 2 rings (SSSR count). The van der Waals surface area contributed by atoms with E-state index in [4.69, 9.17) is 0 Å². The molecule has 2 N–H and O–H groups in total. The van der Waals surface area contributed by atoms with Gasteiger partial charge in [-0.05, 0) is 58.4 Å². The summed E-state index contributed by atoms with van der Waals surface area (Å²) in [5.41, 5.74) is 0. The molecule has 1 amide bonds. The lowest BCUT2D eigenvalue weighted by molar-refractivity contribution is -0.122. The molecule has 2 heterocycles. The minimum absolute atomic E-state index is 0.184. The van der Waals surface area contributed by atoms with Gasteiger partial charge in [-0.15, -0.1) is 0 Å². The first kappa shape index (κ1) is 14.8. The summed E-state index contributed by atoms with van der Waals surface area (Å²) in [7, 11) is 0. The number of nitrogens with zero attached hydrogens (tertiary/aromatic N) is 2. The molecule has 0 spiro atoms. The molecule has 2 aliphatic rings. The highest BCUT2D eigenvalue weighted by Gasteiger charge is 2.13. The van der Waals surface area contributed by atoms with E-state index in [1.165, 1.54) is 25.9 Å². The average Bonchev–Trinajstić information content (AvgIpc) is 2.79. The molecule has 110 valence electrons. The van der Waals surface area contributed by atoms with E-state index in [2.05, 4.69) is 20.4 Å². The normalized spacial score (nSPS) is 22.3. The third kappa shape index (κ3) is 5.89.